The fourth-order valence-corrected chi connectivity index (χ4v) is 1.19. The van der Waals surface area contributed by atoms with Gasteiger partial charge in [-0.3, -0.25) is 19.3 Å². The molecule has 0 radical (unpaired) electrons. The minimum Gasteiger partial charge on any atom is -0.465 e. The summed E-state index contributed by atoms with van der Waals surface area (Å²) in [6.07, 6.45) is 0. The molecular weight excluding hydrogens is 240 g/mol. The maximum atomic E-state index is 11.2. The van der Waals surface area contributed by atoms with Gasteiger partial charge in [0, 0.05) is 34.0 Å². The average molecular weight is 260 g/mol. The van der Waals surface area contributed by atoms with E-state index in [1.165, 1.54) is 13.8 Å². The lowest BCUT2D eigenvalue weighted by Crippen LogP contribution is -2.39. The lowest BCUT2D eigenvalue weighted by molar-refractivity contribution is -0.141. The van der Waals surface area contributed by atoms with E-state index in [2.05, 4.69) is 5.32 Å². The third-order valence-corrected chi connectivity index (χ3v) is 2.07. The summed E-state index contributed by atoms with van der Waals surface area (Å²) < 4.78 is 9.59. The Hall–Kier alpha value is -1.63. The van der Waals surface area contributed by atoms with Crippen molar-refractivity contribution in [3.63, 3.8) is 0 Å². The molecule has 0 saturated heterocycles. The van der Waals surface area contributed by atoms with Crippen LogP contribution in [-0.2, 0) is 23.9 Å². The first kappa shape index (κ1) is 16.4. The van der Waals surface area contributed by atoms with Crippen LogP contribution in [0.5, 0.6) is 0 Å². The van der Waals surface area contributed by atoms with E-state index in [9.17, 15) is 14.4 Å². The molecule has 0 unspecified atom stereocenters. The van der Waals surface area contributed by atoms with Gasteiger partial charge in [0.05, 0.1) is 6.54 Å². The predicted octanol–water partition coefficient (Wildman–Crippen LogP) is -0.839. The number of nitrogens with one attached hydrogen (secondary N) is 1. The molecule has 0 spiro atoms. The van der Waals surface area contributed by atoms with Gasteiger partial charge in [0.2, 0.25) is 5.91 Å². The molecule has 18 heavy (non-hydrogen) atoms. The molecular formula is C11H20N2O5. The van der Waals surface area contributed by atoms with Crippen molar-refractivity contribution in [2.75, 3.05) is 39.9 Å². The van der Waals surface area contributed by atoms with E-state index in [4.69, 9.17) is 9.47 Å². The number of hydrogen-bond donors (Lipinski definition) is 1. The Balaban J connectivity index is 4.02. The van der Waals surface area contributed by atoms with Crippen molar-refractivity contribution in [3.05, 3.63) is 0 Å². The average Bonchev–Trinajstić information content (AvgIpc) is 2.27. The second-order valence-corrected chi connectivity index (χ2v) is 3.63. The molecule has 1 N–H and O–H groups in total. The van der Waals surface area contributed by atoms with Crippen LogP contribution < -0.4 is 5.32 Å². The Morgan fingerprint density at radius 2 is 1.44 bits per heavy atom. The number of ether oxygens (including phenoxy) is 2. The standard InChI is InChI=1S/C11H20N2O5/c1-9(14)17-6-4-13(8-11(16)12-3)5-7-18-10(2)15/h4-8H2,1-3H3,(H,12,16). The largest absolute Gasteiger partial charge is 0.465 e. The summed E-state index contributed by atoms with van der Waals surface area (Å²) in [5, 5.41) is 2.50. The molecule has 0 fully saturated rings. The van der Waals surface area contributed by atoms with Crippen LogP contribution in [0.2, 0.25) is 0 Å². The van der Waals surface area contributed by atoms with E-state index in [0.717, 1.165) is 0 Å². The summed E-state index contributed by atoms with van der Waals surface area (Å²) in [6.45, 7) is 4.03. The predicted molar refractivity (Wildman–Crippen MR) is 63.8 cm³/mol. The zero-order valence-corrected chi connectivity index (χ0v) is 11.0. The number of esters is 2. The van der Waals surface area contributed by atoms with E-state index >= 15 is 0 Å². The number of carbonyl (C=O) groups excluding carboxylic acids is 3. The second kappa shape index (κ2) is 9.41. The zero-order valence-electron chi connectivity index (χ0n) is 11.0. The van der Waals surface area contributed by atoms with Crippen molar-refractivity contribution < 1.29 is 23.9 Å². The Bertz CT molecular complexity index is 273. The number of rotatable bonds is 8. The molecule has 0 saturated carbocycles. The lowest BCUT2D eigenvalue weighted by Gasteiger charge is -2.20. The van der Waals surface area contributed by atoms with Crippen LogP contribution in [0.15, 0.2) is 0 Å². The Kier molecular flexibility index (Phi) is 8.55. The Morgan fingerprint density at radius 1 is 1.00 bits per heavy atom. The Morgan fingerprint density at radius 3 is 1.78 bits per heavy atom. The number of hydrogen-bond acceptors (Lipinski definition) is 6. The van der Waals surface area contributed by atoms with E-state index in [0.29, 0.717) is 13.1 Å². The highest BCUT2D eigenvalue weighted by atomic mass is 16.5. The molecule has 0 aliphatic carbocycles. The van der Waals surface area contributed by atoms with Crippen molar-refractivity contribution in [1.82, 2.24) is 10.2 Å². The van der Waals surface area contributed by atoms with Gasteiger partial charge in [-0.05, 0) is 0 Å². The topological polar surface area (TPSA) is 84.9 Å². The van der Waals surface area contributed by atoms with E-state index in [1.807, 2.05) is 0 Å². The molecule has 0 heterocycles. The van der Waals surface area contributed by atoms with Gasteiger partial charge < -0.3 is 14.8 Å². The third-order valence-electron chi connectivity index (χ3n) is 2.07. The van der Waals surface area contributed by atoms with Crippen LogP contribution in [0.25, 0.3) is 0 Å². The maximum absolute atomic E-state index is 11.2. The number of carbonyl (C=O) groups is 3. The summed E-state index contributed by atoms with van der Waals surface area (Å²) in [6, 6.07) is 0. The fourth-order valence-electron chi connectivity index (χ4n) is 1.19. The first-order chi connectivity index (χ1) is 8.45. The van der Waals surface area contributed by atoms with Crippen LogP contribution in [0, 0.1) is 0 Å². The Labute approximate surface area is 106 Å². The lowest BCUT2D eigenvalue weighted by atomic mass is 10.4. The van der Waals surface area contributed by atoms with E-state index < -0.39 is 0 Å². The minimum absolute atomic E-state index is 0.152. The molecule has 0 aromatic rings. The highest BCUT2D eigenvalue weighted by Crippen LogP contribution is 1.91. The van der Waals surface area contributed by atoms with Gasteiger partial charge in [0.25, 0.3) is 0 Å². The van der Waals surface area contributed by atoms with Crippen molar-refractivity contribution in [3.8, 4) is 0 Å². The van der Waals surface area contributed by atoms with Crippen molar-refractivity contribution in [1.29, 1.82) is 0 Å². The summed E-state index contributed by atoms with van der Waals surface area (Å²) in [5.41, 5.74) is 0. The minimum atomic E-state index is -0.366. The normalized spacial score (nSPS) is 10.0. The molecule has 0 bridgehead atoms. The molecule has 0 aromatic heterocycles. The number of likely N-dealkylation sites (N-methyl/N-ethyl adjacent to an activating group) is 1. The highest BCUT2D eigenvalue weighted by Gasteiger charge is 2.10. The van der Waals surface area contributed by atoms with Crippen LogP contribution in [0.1, 0.15) is 13.8 Å². The van der Waals surface area contributed by atoms with Crippen LogP contribution >= 0.6 is 0 Å². The van der Waals surface area contributed by atoms with Crippen molar-refractivity contribution >= 4 is 17.8 Å². The first-order valence-corrected chi connectivity index (χ1v) is 5.65. The van der Waals surface area contributed by atoms with Gasteiger partial charge in [-0.1, -0.05) is 0 Å². The molecule has 7 heteroatoms. The van der Waals surface area contributed by atoms with Gasteiger partial charge in [0.15, 0.2) is 0 Å². The summed E-state index contributed by atoms with van der Waals surface area (Å²) in [5.74, 6) is -0.884. The number of nitrogens with zero attached hydrogens (tertiary/aromatic N) is 1. The molecule has 7 nitrogen and oxygen atoms in total. The second-order valence-electron chi connectivity index (χ2n) is 3.63. The van der Waals surface area contributed by atoms with E-state index in [1.54, 1.807) is 11.9 Å². The molecule has 104 valence electrons. The van der Waals surface area contributed by atoms with Gasteiger partial charge in [-0.2, -0.15) is 0 Å². The van der Waals surface area contributed by atoms with Crippen LogP contribution in [0.3, 0.4) is 0 Å². The third kappa shape index (κ3) is 9.59. The first-order valence-electron chi connectivity index (χ1n) is 5.65. The summed E-state index contributed by atoms with van der Waals surface area (Å²) in [4.78, 5) is 34.2. The van der Waals surface area contributed by atoms with Gasteiger partial charge in [0.1, 0.15) is 13.2 Å². The van der Waals surface area contributed by atoms with Crippen molar-refractivity contribution in [2.24, 2.45) is 0 Å². The smallest absolute Gasteiger partial charge is 0.302 e. The van der Waals surface area contributed by atoms with Gasteiger partial charge in [-0.15, -0.1) is 0 Å². The fraction of sp³-hybridized carbons (Fsp3) is 0.727. The number of amides is 1. The monoisotopic (exact) mass is 260 g/mol. The van der Waals surface area contributed by atoms with Crippen LogP contribution in [-0.4, -0.2) is 62.6 Å². The van der Waals surface area contributed by atoms with E-state index in [-0.39, 0.29) is 37.6 Å². The van der Waals surface area contributed by atoms with Crippen LogP contribution in [0.4, 0.5) is 0 Å². The van der Waals surface area contributed by atoms with Gasteiger partial charge in [-0.25, -0.2) is 0 Å². The highest BCUT2D eigenvalue weighted by molar-refractivity contribution is 5.77. The van der Waals surface area contributed by atoms with Gasteiger partial charge >= 0.3 is 11.9 Å². The maximum Gasteiger partial charge on any atom is 0.302 e. The van der Waals surface area contributed by atoms with Crippen molar-refractivity contribution in [2.45, 2.75) is 13.8 Å². The zero-order chi connectivity index (χ0) is 14.0. The molecule has 0 aliphatic heterocycles. The summed E-state index contributed by atoms with van der Waals surface area (Å²) >= 11 is 0. The molecule has 1 amide bonds. The molecule has 0 rings (SSSR count). The quantitative estimate of drug-likeness (QED) is 0.573. The SMILES string of the molecule is CNC(=O)CN(CCOC(C)=O)CCOC(C)=O. The summed E-state index contributed by atoms with van der Waals surface area (Å²) in [7, 11) is 1.54. The molecule has 0 aromatic carbocycles. The molecule has 0 atom stereocenters. The molecule has 0 aliphatic rings.